The average Bonchev–Trinajstić information content (AvgIpc) is 2.53. The van der Waals surface area contributed by atoms with Gasteiger partial charge in [0.15, 0.2) is 0 Å². The van der Waals surface area contributed by atoms with Gasteiger partial charge in [-0.05, 0) is 36.8 Å². The zero-order chi connectivity index (χ0) is 17.7. The monoisotopic (exact) mass is 331 g/mol. The quantitative estimate of drug-likeness (QED) is 0.821. The fourth-order valence-corrected chi connectivity index (χ4v) is 2.08. The smallest absolute Gasteiger partial charge is 0.335 e. The summed E-state index contributed by atoms with van der Waals surface area (Å²) >= 11 is 0. The molecule has 0 saturated carbocycles. The second kappa shape index (κ2) is 7.51. The Labute approximate surface area is 137 Å². The van der Waals surface area contributed by atoms with Gasteiger partial charge in [0.1, 0.15) is 5.69 Å². The van der Waals surface area contributed by atoms with E-state index >= 15 is 0 Å². The second-order valence-electron chi connectivity index (χ2n) is 5.06. The van der Waals surface area contributed by atoms with Crippen LogP contribution in [0.3, 0.4) is 0 Å². The molecular weight excluding hydrogens is 314 g/mol. The molecule has 1 aromatic heterocycles. The number of nitrogens with zero attached hydrogens (tertiary/aromatic N) is 2. The molecule has 8 nitrogen and oxygen atoms in total. The summed E-state index contributed by atoms with van der Waals surface area (Å²) < 4.78 is 6.04. The van der Waals surface area contributed by atoms with Crippen molar-refractivity contribution in [2.45, 2.75) is 13.5 Å². The third-order valence-corrected chi connectivity index (χ3v) is 3.32. The van der Waals surface area contributed by atoms with E-state index in [1.54, 1.807) is 13.0 Å². The van der Waals surface area contributed by atoms with Crippen LogP contribution in [0, 0.1) is 6.92 Å². The van der Waals surface area contributed by atoms with Crippen molar-refractivity contribution in [3.05, 3.63) is 57.5 Å². The van der Waals surface area contributed by atoms with Crippen LogP contribution < -0.4 is 10.9 Å². The van der Waals surface area contributed by atoms with Gasteiger partial charge in [0.25, 0.3) is 11.5 Å². The molecule has 0 fully saturated rings. The summed E-state index contributed by atoms with van der Waals surface area (Å²) in [4.78, 5) is 34.9. The summed E-state index contributed by atoms with van der Waals surface area (Å²) in [5, 5.41) is 15.6. The molecule has 0 aliphatic heterocycles. The number of amides is 1. The second-order valence-corrected chi connectivity index (χ2v) is 5.06. The molecule has 24 heavy (non-hydrogen) atoms. The maximum absolute atomic E-state index is 12.2. The molecule has 0 bridgehead atoms. The van der Waals surface area contributed by atoms with E-state index in [0.717, 1.165) is 4.68 Å². The number of carbonyl (C=O) groups is 2. The van der Waals surface area contributed by atoms with Crippen molar-refractivity contribution in [2.75, 3.05) is 19.0 Å². The number of hydrogen-bond donors (Lipinski definition) is 2. The van der Waals surface area contributed by atoms with Gasteiger partial charge in [-0.1, -0.05) is 0 Å². The van der Waals surface area contributed by atoms with Crippen LogP contribution >= 0.6 is 0 Å². The average molecular weight is 331 g/mol. The minimum Gasteiger partial charge on any atom is -0.478 e. The summed E-state index contributed by atoms with van der Waals surface area (Å²) in [6, 6.07) is 7.06. The molecule has 1 aromatic carbocycles. The maximum Gasteiger partial charge on any atom is 0.335 e. The highest BCUT2D eigenvalue weighted by atomic mass is 16.5. The highest BCUT2D eigenvalue weighted by Gasteiger charge is 2.12. The minimum absolute atomic E-state index is 0.0747. The van der Waals surface area contributed by atoms with Crippen molar-refractivity contribution in [2.24, 2.45) is 0 Å². The Kier molecular flexibility index (Phi) is 5.43. The molecule has 0 radical (unpaired) electrons. The minimum atomic E-state index is -1.03. The Hall–Kier alpha value is -3.00. The predicted molar refractivity (Wildman–Crippen MR) is 86.5 cm³/mol. The standard InChI is InChI=1S/C16H17N3O5/c1-10-9-11(3-4-12(10)16(22)23)17-15(21)13-5-6-14(20)19(18-13)7-8-24-2/h3-6,9H,7-8H2,1-2H3,(H,17,21)(H,22,23). The number of aromatic carboxylic acids is 1. The van der Waals surface area contributed by atoms with Crippen molar-refractivity contribution >= 4 is 17.6 Å². The number of aryl methyl sites for hydroxylation is 1. The molecular formula is C16H17N3O5. The number of nitrogens with one attached hydrogen (secondary N) is 1. The van der Waals surface area contributed by atoms with E-state index in [9.17, 15) is 14.4 Å². The van der Waals surface area contributed by atoms with Crippen LogP contribution in [-0.4, -0.2) is 40.5 Å². The fraction of sp³-hybridized carbons (Fsp3) is 0.250. The molecule has 126 valence electrons. The van der Waals surface area contributed by atoms with E-state index in [-0.39, 0.29) is 23.4 Å². The van der Waals surface area contributed by atoms with Gasteiger partial charge in [0.05, 0.1) is 18.7 Å². The van der Waals surface area contributed by atoms with Crippen LogP contribution in [0.1, 0.15) is 26.4 Å². The lowest BCUT2D eigenvalue weighted by Gasteiger charge is -2.09. The summed E-state index contributed by atoms with van der Waals surface area (Å²) in [7, 11) is 1.50. The Morgan fingerprint density at radius 2 is 2.04 bits per heavy atom. The van der Waals surface area contributed by atoms with Crippen LogP contribution in [0.4, 0.5) is 5.69 Å². The van der Waals surface area contributed by atoms with Crippen molar-refractivity contribution in [3.8, 4) is 0 Å². The molecule has 0 aliphatic carbocycles. The Morgan fingerprint density at radius 3 is 2.67 bits per heavy atom. The number of ether oxygens (including phenoxy) is 1. The van der Waals surface area contributed by atoms with E-state index in [1.165, 1.54) is 31.4 Å². The molecule has 2 N–H and O–H groups in total. The van der Waals surface area contributed by atoms with Gasteiger partial charge < -0.3 is 15.2 Å². The van der Waals surface area contributed by atoms with E-state index in [4.69, 9.17) is 9.84 Å². The summed E-state index contributed by atoms with van der Waals surface area (Å²) in [6.45, 7) is 2.18. The molecule has 0 saturated heterocycles. The van der Waals surface area contributed by atoms with Gasteiger partial charge in [-0.25, -0.2) is 9.48 Å². The normalized spacial score (nSPS) is 10.4. The van der Waals surface area contributed by atoms with Crippen LogP contribution in [0.5, 0.6) is 0 Å². The van der Waals surface area contributed by atoms with Crippen LogP contribution in [-0.2, 0) is 11.3 Å². The first-order chi connectivity index (χ1) is 11.4. The number of anilines is 1. The lowest BCUT2D eigenvalue weighted by molar-refractivity contribution is 0.0696. The van der Waals surface area contributed by atoms with Gasteiger partial charge in [0, 0.05) is 18.9 Å². The van der Waals surface area contributed by atoms with Crippen molar-refractivity contribution < 1.29 is 19.4 Å². The number of benzene rings is 1. The van der Waals surface area contributed by atoms with Crippen LogP contribution in [0.2, 0.25) is 0 Å². The first-order valence-electron chi connectivity index (χ1n) is 7.15. The number of rotatable bonds is 6. The topological polar surface area (TPSA) is 111 Å². The molecule has 0 aliphatic rings. The number of hydrogen-bond acceptors (Lipinski definition) is 5. The Bertz CT molecular complexity index is 829. The van der Waals surface area contributed by atoms with Crippen LogP contribution in [0.15, 0.2) is 35.1 Å². The molecule has 0 unspecified atom stereocenters. The first-order valence-corrected chi connectivity index (χ1v) is 7.15. The van der Waals surface area contributed by atoms with E-state index in [0.29, 0.717) is 17.9 Å². The Balaban J connectivity index is 2.19. The van der Waals surface area contributed by atoms with Gasteiger partial charge >= 0.3 is 5.97 Å². The highest BCUT2D eigenvalue weighted by Crippen LogP contribution is 2.15. The van der Waals surface area contributed by atoms with E-state index < -0.39 is 11.9 Å². The molecule has 2 rings (SSSR count). The lowest BCUT2D eigenvalue weighted by atomic mass is 10.1. The summed E-state index contributed by atoms with van der Waals surface area (Å²) in [6.07, 6.45) is 0. The van der Waals surface area contributed by atoms with Crippen molar-refractivity contribution in [3.63, 3.8) is 0 Å². The third-order valence-electron chi connectivity index (χ3n) is 3.32. The van der Waals surface area contributed by atoms with Gasteiger partial charge in [-0.15, -0.1) is 0 Å². The molecule has 0 spiro atoms. The summed E-state index contributed by atoms with van der Waals surface area (Å²) in [5.74, 6) is -1.53. The number of methoxy groups -OCH3 is 1. The zero-order valence-corrected chi connectivity index (χ0v) is 13.3. The Morgan fingerprint density at radius 1 is 1.29 bits per heavy atom. The van der Waals surface area contributed by atoms with Crippen molar-refractivity contribution in [1.29, 1.82) is 0 Å². The molecule has 0 atom stereocenters. The molecule has 1 amide bonds. The van der Waals surface area contributed by atoms with E-state index in [2.05, 4.69) is 10.4 Å². The third kappa shape index (κ3) is 4.05. The highest BCUT2D eigenvalue weighted by molar-refractivity contribution is 6.03. The number of carbonyl (C=O) groups excluding carboxylic acids is 1. The number of carboxylic acid groups (broad SMARTS) is 1. The van der Waals surface area contributed by atoms with Gasteiger partial charge in [-0.2, -0.15) is 5.10 Å². The molecule has 8 heteroatoms. The van der Waals surface area contributed by atoms with Crippen molar-refractivity contribution in [1.82, 2.24) is 9.78 Å². The van der Waals surface area contributed by atoms with Gasteiger partial charge in [-0.3, -0.25) is 9.59 Å². The zero-order valence-electron chi connectivity index (χ0n) is 13.3. The van der Waals surface area contributed by atoms with E-state index in [1.807, 2.05) is 0 Å². The summed E-state index contributed by atoms with van der Waals surface area (Å²) in [5.41, 5.74) is 0.882. The van der Waals surface area contributed by atoms with Gasteiger partial charge in [0.2, 0.25) is 0 Å². The SMILES string of the molecule is COCCn1nc(C(=O)Nc2ccc(C(=O)O)c(C)c2)ccc1=O. The molecule has 2 aromatic rings. The molecule has 1 heterocycles. The largest absolute Gasteiger partial charge is 0.478 e. The van der Waals surface area contributed by atoms with Crippen LogP contribution in [0.25, 0.3) is 0 Å². The first kappa shape index (κ1) is 17.4. The lowest BCUT2D eigenvalue weighted by Crippen LogP contribution is -2.27. The number of aromatic nitrogens is 2. The fourth-order valence-electron chi connectivity index (χ4n) is 2.08. The maximum atomic E-state index is 12.2. The number of carboxylic acids is 1. The predicted octanol–water partition coefficient (Wildman–Crippen LogP) is 1.15.